The Morgan fingerprint density at radius 1 is 1.16 bits per heavy atom. The molecule has 1 heterocycles. The lowest BCUT2D eigenvalue weighted by Crippen LogP contribution is -2.52. The van der Waals surface area contributed by atoms with Crippen molar-refractivity contribution in [2.45, 2.75) is 70.9 Å². The number of nitrogens with zero attached hydrogens (tertiary/aromatic N) is 2. The molecule has 1 aliphatic carbocycles. The summed E-state index contributed by atoms with van der Waals surface area (Å²) in [5.41, 5.74) is 0. The Hall–Kier alpha value is -1.14. The number of carbonyl (C=O) groups excluding carboxylic acids is 1. The molecule has 25 heavy (non-hydrogen) atoms. The normalized spacial score (nSPS) is 22.0. The fourth-order valence-electron chi connectivity index (χ4n) is 4.26. The quantitative estimate of drug-likeness (QED) is 0.698. The first-order valence-corrected chi connectivity index (χ1v) is 9.98. The van der Waals surface area contributed by atoms with Gasteiger partial charge in [-0.25, -0.2) is 0 Å². The largest absolute Gasteiger partial charge is 0.480 e. The Morgan fingerprint density at radius 2 is 1.80 bits per heavy atom. The van der Waals surface area contributed by atoms with Gasteiger partial charge in [0.15, 0.2) is 0 Å². The number of hydrogen-bond donors (Lipinski definition) is 2. The van der Waals surface area contributed by atoms with E-state index in [0.717, 1.165) is 39.0 Å². The van der Waals surface area contributed by atoms with Gasteiger partial charge in [0.1, 0.15) is 0 Å². The molecule has 0 spiro atoms. The van der Waals surface area contributed by atoms with Crippen molar-refractivity contribution in [2.24, 2.45) is 5.92 Å². The summed E-state index contributed by atoms with van der Waals surface area (Å²) in [7, 11) is 0. The molecular formula is C19H35N3O3. The molecule has 1 saturated heterocycles. The molecule has 0 bridgehead atoms. The second-order valence-electron chi connectivity index (χ2n) is 7.65. The number of likely N-dealkylation sites (N-methyl/N-ethyl adjacent to an activating group) is 1. The standard InChI is InChI=1S/C19H35N3O3/c1-3-21(14-18(23)24)17-9-11-22(12-10-17)15(2)19(25)20-13-16-7-5-4-6-8-16/h15-17H,3-14H2,1-2H3,(H,20,25)(H,23,24). The van der Waals surface area contributed by atoms with Crippen molar-refractivity contribution in [3.8, 4) is 0 Å². The van der Waals surface area contributed by atoms with Gasteiger partial charge < -0.3 is 10.4 Å². The number of piperidine rings is 1. The number of hydrogen-bond acceptors (Lipinski definition) is 4. The van der Waals surface area contributed by atoms with Crippen LogP contribution in [0.3, 0.4) is 0 Å². The van der Waals surface area contributed by atoms with Gasteiger partial charge in [0.2, 0.25) is 5.91 Å². The van der Waals surface area contributed by atoms with Crippen LogP contribution in [0.1, 0.15) is 58.8 Å². The van der Waals surface area contributed by atoms with Crippen molar-refractivity contribution in [1.82, 2.24) is 15.1 Å². The van der Waals surface area contributed by atoms with Crippen LogP contribution in [0.5, 0.6) is 0 Å². The Bertz CT molecular complexity index is 430. The van der Waals surface area contributed by atoms with E-state index < -0.39 is 5.97 Å². The summed E-state index contributed by atoms with van der Waals surface area (Å²) < 4.78 is 0. The van der Waals surface area contributed by atoms with Crippen LogP contribution in [0.2, 0.25) is 0 Å². The van der Waals surface area contributed by atoms with Gasteiger partial charge in [-0.1, -0.05) is 26.2 Å². The van der Waals surface area contributed by atoms with Crippen molar-refractivity contribution >= 4 is 11.9 Å². The number of aliphatic carboxylic acids is 1. The predicted octanol–water partition coefficient (Wildman–Crippen LogP) is 1.94. The molecule has 0 aromatic carbocycles. The van der Waals surface area contributed by atoms with Crippen molar-refractivity contribution < 1.29 is 14.7 Å². The molecule has 2 aliphatic rings. The summed E-state index contributed by atoms with van der Waals surface area (Å²) in [6, 6.07) is 0.217. The van der Waals surface area contributed by atoms with E-state index in [9.17, 15) is 9.59 Å². The molecular weight excluding hydrogens is 318 g/mol. The zero-order chi connectivity index (χ0) is 18.2. The molecule has 0 aromatic rings. The van der Waals surface area contributed by atoms with Crippen LogP contribution in [0.25, 0.3) is 0 Å². The summed E-state index contributed by atoms with van der Waals surface area (Å²) in [5, 5.41) is 12.2. The van der Waals surface area contributed by atoms with Crippen molar-refractivity contribution in [1.29, 1.82) is 0 Å². The van der Waals surface area contributed by atoms with Gasteiger partial charge in [0.25, 0.3) is 0 Å². The molecule has 0 radical (unpaired) electrons. The minimum Gasteiger partial charge on any atom is -0.480 e. The lowest BCUT2D eigenvalue weighted by molar-refractivity contribution is -0.139. The first-order chi connectivity index (χ1) is 12.0. The number of carbonyl (C=O) groups is 2. The van der Waals surface area contributed by atoms with Crippen molar-refractivity contribution in [2.75, 3.05) is 32.7 Å². The van der Waals surface area contributed by atoms with E-state index in [2.05, 4.69) is 10.2 Å². The van der Waals surface area contributed by atoms with Gasteiger partial charge in [-0.05, 0) is 45.1 Å². The van der Waals surface area contributed by atoms with Crippen LogP contribution in [0, 0.1) is 5.92 Å². The molecule has 2 fully saturated rings. The van der Waals surface area contributed by atoms with Gasteiger partial charge in [0, 0.05) is 25.7 Å². The number of rotatable bonds is 8. The van der Waals surface area contributed by atoms with Crippen molar-refractivity contribution in [3.63, 3.8) is 0 Å². The fourth-order valence-corrected chi connectivity index (χ4v) is 4.26. The topological polar surface area (TPSA) is 72.9 Å². The van der Waals surface area contributed by atoms with Crippen LogP contribution in [0.15, 0.2) is 0 Å². The Balaban J connectivity index is 1.73. The maximum atomic E-state index is 12.5. The summed E-state index contributed by atoms with van der Waals surface area (Å²) in [6.07, 6.45) is 8.30. The third-order valence-corrected chi connectivity index (χ3v) is 5.98. The van der Waals surface area contributed by atoms with E-state index in [0.29, 0.717) is 12.0 Å². The average molecular weight is 354 g/mol. The van der Waals surface area contributed by atoms with Crippen LogP contribution >= 0.6 is 0 Å². The van der Waals surface area contributed by atoms with E-state index in [1.54, 1.807) is 0 Å². The SMILES string of the molecule is CCN(CC(=O)O)C1CCN(C(C)C(=O)NCC2CCCCC2)CC1. The van der Waals surface area contributed by atoms with Crippen molar-refractivity contribution in [3.05, 3.63) is 0 Å². The van der Waals surface area contributed by atoms with Crippen LogP contribution < -0.4 is 5.32 Å². The Morgan fingerprint density at radius 3 is 2.36 bits per heavy atom. The highest BCUT2D eigenvalue weighted by Crippen LogP contribution is 2.23. The lowest BCUT2D eigenvalue weighted by atomic mass is 9.89. The summed E-state index contributed by atoms with van der Waals surface area (Å²) in [6.45, 7) is 7.41. The molecule has 144 valence electrons. The second-order valence-corrected chi connectivity index (χ2v) is 7.65. The van der Waals surface area contributed by atoms with Crippen LogP contribution in [-0.2, 0) is 9.59 Å². The van der Waals surface area contributed by atoms with E-state index in [1.807, 2.05) is 18.7 Å². The number of nitrogens with one attached hydrogen (secondary N) is 1. The molecule has 1 atom stereocenters. The molecule has 6 nitrogen and oxygen atoms in total. The zero-order valence-electron chi connectivity index (χ0n) is 15.9. The van der Waals surface area contributed by atoms with E-state index in [1.165, 1.54) is 32.1 Å². The minimum absolute atomic E-state index is 0.0981. The van der Waals surface area contributed by atoms with Gasteiger partial charge in [0.05, 0.1) is 12.6 Å². The monoisotopic (exact) mass is 353 g/mol. The third-order valence-electron chi connectivity index (χ3n) is 5.98. The molecule has 0 aromatic heterocycles. The van der Waals surface area contributed by atoms with E-state index >= 15 is 0 Å². The predicted molar refractivity (Wildman–Crippen MR) is 98.5 cm³/mol. The van der Waals surface area contributed by atoms with E-state index in [-0.39, 0.29) is 18.5 Å². The van der Waals surface area contributed by atoms with Gasteiger partial charge >= 0.3 is 5.97 Å². The van der Waals surface area contributed by atoms with Gasteiger partial charge in [-0.3, -0.25) is 19.4 Å². The number of carboxylic acid groups (broad SMARTS) is 1. The minimum atomic E-state index is -0.764. The summed E-state index contributed by atoms with van der Waals surface area (Å²) >= 11 is 0. The van der Waals surface area contributed by atoms with Crippen LogP contribution in [-0.4, -0.2) is 71.6 Å². The molecule has 2 N–H and O–H groups in total. The van der Waals surface area contributed by atoms with Gasteiger partial charge in [-0.2, -0.15) is 0 Å². The molecule has 1 unspecified atom stereocenters. The molecule has 1 aliphatic heterocycles. The Kier molecular flexibility index (Phi) is 8.16. The highest BCUT2D eigenvalue weighted by atomic mass is 16.4. The molecule has 6 heteroatoms. The molecule has 1 amide bonds. The average Bonchev–Trinajstić information content (AvgIpc) is 2.64. The molecule has 1 saturated carbocycles. The number of amides is 1. The maximum absolute atomic E-state index is 12.5. The first-order valence-electron chi connectivity index (χ1n) is 9.98. The number of carboxylic acids is 1. The summed E-state index contributed by atoms with van der Waals surface area (Å²) in [4.78, 5) is 27.7. The third kappa shape index (κ3) is 6.26. The lowest BCUT2D eigenvalue weighted by Gasteiger charge is -2.39. The second kappa shape index (κ2) is 10.1. The highest BCUT2D eigenvalue weighted by Gasteiger charge is 2.29. The van der Waals surface area contributed by atoms with E-state index in [4.69, 9.17) is 5.11 Å². The van der Waals surface area contributed by atoms with Gasteiger partial charge in [-0.15, -0.1) is 0 Å². The fraction of sp³-hybridized carbons (Fsp3) is 0.895. The molecule has 2 rings (SSSR count). The zero-order valence-corrected chi connectivity index (χ0v) is 15.9. The first kappa shape index (κ1) is 20.2. The maximum Gasteiger partial charge on any atom is 0.317 e. The summed E-state index contributed by atoms with van der Waals surface area (Å²) in [5.74, 6) is 0.0337. The Labute approximate surface area is 151 Å². The smallest absolute Gasteiger partial charge is 0.317 e. The highest BCUT2D eigenvalue weighted by molar-refractivity contribution is 5.81. The van der Waals surface area contributed by atoms with Crippen LogP contribution in [0.4, 0.5) is 0 Å². The number of likely N-dealkylation sites (tertiary alicyclic amines) is 1.